The van der Waals surface area contributed by atoms with Gasteiger partial charge in [-0.1, -0.05) is 39.0 Å². The number of thiazole rings is 1. The molecule has 0 aromatic carbocycles. The minimum Gasteiger partial charge on any atom is -0.391 e. The lowest BCUT2D eigenvalue weighted by molar-refractivity contribution is 0.284. The molecule has 1 heterocycles. The highest BCUT2D eigenvalue weighted by atomic mass is 32.1. The van der Waals surface area contributed by atoms with Crippen LogP contribution >= 0.6 is 11.3 Å². The van der Waals surface area contributed by atoms with Crippen molar-refractivity contribution in [2.75, 3.05) is 18.0 Å². The molecule has 0 amide bonds. The number of nitrogens with zero attached hydrogens (tertiary/aromatic N) is 2. The van der Waals surface area contributed by atoms with Gasteiger partial charge in [-0.3, -0.25) is 0 Å². The van der Waals surface area contributed by atoms with Crippen LogP contribution in [0, 0.1) is 11.8 Å². The van der Waals surface area contributed by atoms with Crippen molar-refractivity contribution in [3.63, 3.8) is 0 Å². The Morgan fingerprint density at radius 2 is 1.79 bits per heavy atom. The van der Waals surface area contributed by atoms with E-state index in [-0.39, 0.29) is 6.61 Å². The van der Waals surface area contributed by atoms with Crippen molar-refractivity contribution in [2.45, 2.75) is 53.1 Å². The Hall–Kier alpha value is -0.610. The van der Waals surface area contributed by atoms with Crippen molar-refractivity contribution in [3.8, 4) is 0 Å². The van der Waals surface area contributed by atoms with Crippen molar-refractivity contribution in [2.24, 2.45) is 11.8 Å². The molecule has 1 saturated carbocycles. The van der Waals surface area contributed by atoms with Crippen LogP contribution in [0.4, 0.5) is 5.13 Å². The van der Waals surface area contributed by atoms with Gasteiger partial charge in [-0.2, -0.15) is 0 Å². The first kappa shape index (κ1) is 14.8. The highest BCUT2D eigenvalue weighted by molar-refractivity contribution is 7.15. The Morgan fingerprint density at radius 1 is 1.21 bits per heavy atom. The standard InChI is InChI=1S/C15H26N2OS/c1-10(2)7-17(8-11(3)4)15-16-14(12-5-6-12)13(9-18)19-15/h10-12,18H,5-9H2,1-4H3. The lowest BCUT2D eigenvalue weighted by Crippen LogP contribution is -2.31. The summed E-state index contributed by atoms with van der Waals surface area (Å²) in [7, 11) is 0. The van der Waals surface area contributed by atoms with Crippen molar-refractivity contribution in [1.82, 2.24) is 4.98 Å². The molecule has 0 atom stereocenters. The number of aliphatic hydroxyl groups is 1. The molecule has 1 aliphatic carbocycles. The molecular formula is C15H26N2OS. The summed E-state index contributed by atoms with van der Waals surface area (Å²) in [5, 5.41) is 10.6. The minimum absolute atomic E-state index is 0.140. The predicted octanol–water partition coefficient (Wildman–Crippen LogP) is 3.63. The maximum absolute atomic E-state index is 9.51. The minimum atomic E-state index is 0.140. The first-order valence-corrected chi connectivity index (χ1v) is 8.18. The molecule has 0 saturated heterocycles. The Balaban J connectivity index is 2.19. The molecule has 19 heavy (non-hydrogen) atoms. The number of anilines is 1. The lowest BCUT2D eigenvalue weighted by atomic mass is 10.1. The molecule has 1 fully saturated rings. The van der Waals surface area contributed by atoms with Crippen molar-refractivity contribution in [1.29, 1.82) is 0 Å². The molecular weight excluding hydrogens is 256 g/mol. The number of rotatable bonds is 7. The van der Waals surface area contributed by atoms with Gasteiger partial charge in [0.05, 0.1) is 17.2 Å². The third kappa shape index (κ3) is 3.93. The van der Waals surface area contributed by atoms with E-state index in [9.17, 15) is 5.11 Å². The third-order valence-electron chi connectivity index (χ3n) is 3.27. The summed E-state index contributed by atoms with van der Waals surface area (Å²) in [4.78, 5) is 8.31. The van der Waals surface area contributed by atoms with Crippen molar-refractivity contribution < 1.29 is 5.11 Å². The van der Waals surface area contributed by atoms with Crippen LogP contribution in [0.15, 0.2) is 0 Å². The fourth-order valence-electron chi connectivity index (χ4n) is 2.39. The molecule has 1 aromatic rings. The van der Waals surface area contributed by atoms with Crippen LogP contribution in [0.5, 0.6) is 0 Å². The van der Waals surface area contributed by atoms with Gasteiger partial charge in [-0.05, 0) is 24.7 Å². The van der Waals surface area contributed by atoms with E-state index in [1.54, 1.807) is 11.3 Å². The van der Waals surface area contributed by atoms with E-state index in [1.165, 1.54) is 18.5 Å². The molecule has 3 nitrogen and oxygen atoms in total. The van der Waals surface area contributed by atoms with Gasteiger partial charge in [-0.15, -0.1) is 0 Å². The zero-order chi connectivity index (χ0) is 14.0. The number of aromatic nitrogens is 1. The van der Waals surface area contributed by atoms with Crippen LogP contribution in [0.1, 0.15) is 57.0 Å². The first-order valence-electron chi connectivity index (χ1n) is 7.36. The molecule has 108 valence electrons. The maximum Gasteiger partial charge on any atom is 0.185 e. The van der Waals surface area contributed by atoms with Gasteiger partial charge in [0.1, 0.15) is 0 Å². The number of hydrogen-bond acceptors (Lipinski definition) is 4. The second kappa shape index (κ2) is 6.23. The molecule has 1 N–H and O–H groups in total. The quantitative estimate of drug-likeness (QED) is 0.829. The molecule has 1 aliphatic rings. The molecule has 2 rings (SSSR count). The summed E-state index contributed by atoms with van der Waals surface area (Å²) in [5.41, 5.74) is 1.17. The van der Waals surface area contributed by atoms with Crippen LogP contribution in [0.2, 0.25) is 0 Å². The smallest absolute Gasteiger partial charge is 0.185 e. The zero-order valence-electron chi connectivity index (χ0n) is 12.5. The van der Waals surface area contributed by atoms with Crippen LogP contribution in [0.25, 0.3) is 0 Å². The number of hydrogen-bond donors (Lipinski definition) is 1. The first-order chi connectivity index (χ1) is 9.01. The van der Waals surface area contributed by atoms with E-state index < -0.39 is 0 Å². The van der Waals surface area contributed by atoms with E-state index in [0.29, 0.717) is 17.8 Å². The molecule has 0 unspecified atom stereocenters. The van der Waals surface area contributed by atoms with Gasteiger partial charge in [-0.25, -0.2) is 4.98 Å². The molecule has 0 aliphatic heterocycles. The predicted molar refractivity (Wildman–Crippen MR) is 81.9 cm³/mol. The van der Waals surface area contributed by atoms with E-state index in [0.717, 1.165) is 23.1 Å². The SMILES string of the molecule is CC(C)CN(CC(C)C)c1nc(C2CC2)c(CO)s1. The fourth-order valence-corrected chi connectivity index (χ4v) is 3.41. The van der Waals surface area contributed by atoms with Gasteiger partial charge in [0.25, 0.3) is 0 Å². The molecule has 0 bridgehead atoms. The normalized spacial score (nSPS) is 15.5. The highest BCUT2D eigenvalue weighted by Crippen LogP contribution is 2.44. The summed E-state index contributed by atoms with van der Waals surface area (Å²) in [6.07, 6.45) is 2.48. The summed E-state index contributed by atoms with van der Waals surface area (Å²) < 4.78 is 0. The molecule has 4 heteroatoms. The van der Waals surface area contributed by atoms with Crippen molar-refractivity contribution >= 4 is 16.5 Å². The van der Waals surface area contributed by atoms with Crippen molar-refractivity contribution in [3.05, 3.63) is 10.6 Å². The molecule has 0 radical (unpaired) electrons. The van der Waals surface area contributed by atoms with Crippen LogP contribution in [-0.4, -0.2) is 23.2 Å². The topological polar surface area (TPSA) is 36.4 Å². The zero-order valence-corrected chi connectivity index (χ0v) is 13.3. The largest absolute Gasteiger partial charge is 0.391 e. The monoisotopic (exact) mass is 282 g/mol. The Kier molecular flexibility index (Phi) is 4.85. The van der Waals surface area contributed by atoms with E-state index >= 15 is 0 Å². The van der Waals surface area contributed by atoms with Gasteiger partial charge < -0.3 is 10.0 Å². The summed E-state index contributed by atoms with van der Waals surface area (Å²) >= 11 is 1.68. The second-order valence-electron chi connectivity index (χ2n) is 6.43. The molecule has 1 aromatic heterocycles. The van der Waals surface area contributed by atoms with Gasteiger partial charge in [0, 0.05) is 19.0 Å². The average molecular weight is 282 g/mol. The average Bonchev–Trinajstić information content (AvgIpc) is 3.06. The molecule has 0 spiro atoms. The second-order valence-corrected chi connectivity index (χ2v) is 7.49. The summed E-state index contributed by atoms with van der Waals surface area (Å²) in [5.74, 6) is 1.88. The summed E-state index contributed by atoms with van der Waals surface area (Å²) in [6.45, 7) is 11.2. The van der Waals surface area contributed by atoms with Crippen LogP contribution < -0.4 is 4.90 Å². The fraction of sp³-hybridized carbons (Fsp3) is 0.800. The Bertz CT molecular complexity index is 400. The van der Waals surface area contributed by atoms with E-state index in [1.807, 2.05) is 0 Å². The maximum atomic E-state index is 9.51. The van der Waals surface area contributed by atoms with Gasteiger partial charge >= 0.3 is 0 Å². The highest BCUT2D eigenvalue weighted by Gasteiger charge is 2.30. The summed E-state index contributed by atoms with van der Waals surface area (Å²) in [6, 6.07) is 0. The Labute approximate surface area is 120 Å². The third-order valence-corrected chi connectivity index (χ3v) is 4.38. The van der Waals surface area contributed by atoms with Gasteiger partial charge in [0.15, 0.2) is 5.13 Å². The Morgan fingerprint density at radius 3 is 2.21 bits per heavy atom. The van der Waals surface area contributed by atoms with E-state index in [2.05, 4.69) is 32.6 Å². The van der Waals surface area contributed by atoms with E-state index in [4.69, 9.17) is 4.98 Å². The lowest BCUT2D eigenvalue weighted by Gasteiger charge is -2.25. The van der Waals surface area contributed by atoms with Crippen LogP contribution in [0.3, 0.4) is 0 Å². The number of aliphatic hydroxyl groups excluding tert-OH is 1. The van der Waals surface area contributed by atoms with Crippen LogP contribution in [-0.2, 0) is 6.61 Å². The van der Waals surface area contributed by atoms with Gasteiger partial charge in [0.2, 0.25) is 0 Å².